The number of halogens is 2. The molecule has 78 valence electrons. The lowest BCUT2D eigenvalue weighted by Crippen LogP contribution is -2.01. The van der Waals surface area contributed by atoms with Crippen molar-refractivity contribution in [3.05, 3.63) is 30.1 Å². The van der Waals surface area contributed by atoms with Gasteiger partial charge in [-0.15, -0.1) is 12.4 Å². The molecular formula is C9H11ClFNO2. The minimum absolute atomic E-state index is 0. The predicted octanol–water partition coefficient (Wildman–Crippen LogP) is 1.79. The summed E-state index contributed by atoms with van der Waals surface area (Å²) in [5.74, 6) is -0.524. The van der Waals surface area contributed by atoms with Gasteiger partial charge in [0.1, 0.15) is 0 Å². The predicted molar refractivity (Wildman–Crippen MR) is 55.2 cm³/mol. The molecule has 0 spiro atoms. The van der Waals surface area contributed by atoms with Crippen molar-refractivity contribution in [2.75, 3.05) is 6.54 Å². The van der Waals surface area contributed by atoms with E-state index in [2.05, 4.69) is 0 Å². The molecule has 0 saturated carbocycles. The molecule has 3 nitrogen and oxygen atoms in total. The average Bonchev–Trinajstić information content (AvgIpc) is 2.13. The molecule has 0 aliphatic rings. The number of phenols is 2. The molecule has 0 heterocycles. The van der Waals surface area contributed by atoms with E-state index in [4.69, 9.17) is 15.9 Å². The minimum Gasteiger partial charge on any atom is -0.504 e. The number of hydrogen-bond acceptors (Lipinski definition) is 3. The van der Waals surface area contributed by atoms with Crippen molar-refractivity contribution in [2.45, 2.75) is 0 Å². The molecule has 0 bridgehead atoms. The van der Waals surface area contributed by atoms with Crippen LogP contribution in [-0.2, 0) is 0 Å². The Kier molecular flexibility index (Phi) is 4.97. The van der Waals surface area contributed by atoms with Gasteiger partial charge in [0.15, 0.2) is 11.5 Å². The van der Waals surface area contributed by atoms with E-state index < -0.39 is 0 Å². The van der Waals surface area contributed by atoms with E-state index in [1.54, 1.807) is 0 Å². The molecule has 0 aliphatic carbocycles. The second kappa shape index (κ2) is 5.47. The first-order valence-electron chi connectivity index (χ1n) is 3.70. The molecule has 4 N–H and O–H groups in total. The summed E-state index contributed by atoms with van der Waals surface area (Å²) < 4.78 is 12.2. The van der Waals surface area contributed by atoms with Crippen LogP contribution in [0.1, 0.15) is 5.56 Å². The van der Waals surface area contributed by atoms with Crippen LogP contribution in [-0.4, -0.2) is 16.8 Å². The van der Waals surface area contributed by atoms with Gasteiger partial charge < -0.3 is 15.9 Å². The van der Waals surface area contributed by atoms with Crippen LogP contribution in [0.3, 0.4) is 0 Å². The summed E-state index contributed by atoms with van der Waals surface area (Å²) >= 11 is 0. The fourth-order valence-electron chi connectivity index (χ4n) is 0.949. The molecule has 1 aromatic carbocycles. The fraction of sp³-hybridized carbons (Fsp3) is 0.111. The summed E-state index contributed by atoms with van der Waals surface area (Å²) in [5.41, 5.74) is 5.98. The first kappa shape index (κ1) is 12.7. The number of nitrogens with two attached hydrogens (primary N) is 1. The van der Waals surface area contributed by atoms with Gasteiger partial charge in [-0.25, -0.2) is 4.39 Å². The van der Waals surface area contributed by atoms with Crippen molar-refractivity contribution < 1.29 is 14.6 Å². The molecule has 0 saturated heterocycles. The zero-order chi connectivity index (χ0) is 9.84. The fourth-order valence-corrected chi connectivity index (χ4v) is 0.949. The van der Waals surface area contributed by atoms with Crippen LogP contribution in [0.4, 0.5) is 4.39 Å². The number of rotatable bonds is 2. The largest absolute Gasteiger partial charge is 0.504 e. The molecular weight excluding hydrogens is 209 g/mol. The van der Waals surface area contributed by atoms with Crippen molar-refractivity contribution in [1.82, 2.24) is 0 Å². The molecule has 0 fully saturated rings. The van der Waals surface area contributed by atoms with Crippen LogP contribution in [0.15, 0.2) is 24.5 Å². The molecule has 1 aromatic rings. The molecule has 0 unspecified atom stereocenters. The molecule has 5 heteroatoms. The topological polar surface area (TPSA) is 66.5 Å². The van der Waals surface area contributed by atoms with E-state index in [1.165, 1.54) is 18.2 Å². The van der Waals surface area contributed by atoms with E-state index in [9.17, 15) is 4.39 Å². The molecule has 0 aliphatic heterocycles. The summed E-state index contributed by atoms with van der Waals surface area (Å²) in [5, 5.41) is 18.1. The monoisotopic (exact) mass is 219 g/mol. The third-order valence-corrected chi connectivity index (χ3v) is 1.70. The van der Waals surface area contributed by atoms with Gasteiger partial charge in [-0.2, -0.15) is 0 Å². The molecule has 14 heavy (non-hydrogen) atoms. The van der Waals surface area contributed by atoms with Gasteiger partial charge in [-0.05, 0) is 17.7 Å². The minimum atomic E-state index is -0.287. The lowest BCUT2D eigenvalue weighted by Gasteiger charge is -2.04. The van der Waals surface area contributed by atoms with E-state index >= 15 is 0 Å². The zero-order valence-corrected chi connectivity index (χ0v) is 8.09. The Bertz CT molecular complexity index is 342. The Morgan fingerprint density at radius 1 is 1.36 bits per heavy atom. The lowest BCUT2D eigenvalue weighted by atomic mass is 10.1. The highest BCUT2D eigenvalue weighted by atomic mass is 35.5. The second-order valence-electron chi connectivity index (χ2n) is 2.54. The van der Waals surface area contributed by atoms with Crippen LogP contribution in [0.5, 0.6) is 11.5 Å². The number of phenolic OH excluding ortho intramolecular Hbond substituents is 2. The van der Waals surface area contributed by atoms with Crippen molar-refractivity contribution in [3.63, 3.8) is 0 Å². The van der Waals surface area contributed by atoms with Crippen LogP contribution in [0, 0.1) is 0 Å². The highest BCUT2D eigenvalue weighted by molar-refractivity contribution is 5.85. The van der Waals surface area contributed by atoms with Crippen LogP contribution < -0.4 is 5.73 Å². The summed E-state index contributed by atoms with van der Waals surface area (Å²) in [6, 6.07) is 4.02. The SMILES string of the molecule is Cl.NC/C(=C/F)c1ccc(O)c(O)c1. The van der Waals surface area contributed by atoms with Gasteiger partial charge in [0, 0.05) is 12.1 Å². The quantitative estimate of drug-likeness (QED) is 0.665. The van der Waals surface area contributed by atoms with Crippen molar-refractivity contribution >= 4 is 18.0 Å². The maximum atomic E-state index is 12.2. The van der Waals surface area contributed by atoms with E-state index in [0.29, 0.717) is 11.9 Å². The Morgan fingerprint density at radius 3 is 2.43 bits per heavy atom. The van der Waals surface area contributed by atoms with Gasteiger partial charge in [0.2, 0.25) is 0 Å². The van der Waals surface area contributed by atoms with Crippen LogP contribution in [0.25, 0.3) is 5.57 Å². The highest BCUT2D eigenvalue weighted by Crippen LogP contribution is 2.27. The second-order valence-corrected chi connectivity index (χ2v) is 2.54. The Morgan fingerprint density at radius 2 is 2.00 bits per heavy atom. The molecule has 0 atom stereocenters. The maximum Gasteiger partial charge on any atom is 0.158 e. The average molecular weight is 220 g/mol. The third-order valence-electron chi connectivity index (χ3n) is 1.70. The third kappa shape index (κ3) is 2.61. The first-order chi connectivity index (χ1) is 6.19. The van der Waals surface area contributed by atoms with Gasteiger partial charge in [0.25, 0.3) is 0 Å². The molecule has 0 radical (unpaired) electrons. The van der Waals surface area contributed by atoms with Gasteiger partial charge >= 0.3 is 0 Å². The number of hydrogen-bond donors (Lipinski definition) is 3. The standard InChI is InChI=1S/C9H10FNO2.ClH/c10-4-7(5-11)6-1-2-8(12)9(13)3-6;/h1-4,12-13H,5,11H2;1H/b7-4-;. The summed E-state index contributed by atoms with van der Waals surface area (Å²) in [6.45, 7) is 0.0424. The van der Waals surface area contributed by atoms with Gasteiger partial charge in [0.05, 0.1) is 6.33 Å². The van der Waals surface area contributed by atoms with E-state index in [-0.39, 0.29) is 36.0 Å². The van der Waals surface area contributed by atoms with Crippen LogP contribution >= 0.6 is 12.4 Å². The summed E-state index contributed by atoms with van der Waals surface area (Å²) in [7, 11) is 0. The van der Waals surface area contributed by atoms with Gasteiger partial charge in [-0.3, -0.25) is 0 Å². The maximum absolute atomic E-state index is 12.2. The Labute approximate surface area is 87.1 Å². The summed E-state index contributed by atoms with van der Waals surface area (Å²) in [4.78, 5) is 0. The molecule has 1 rings (SSSR count). The normalized spacial score (nSPS) is 10.9. The lowest BCUT2D eigenvalue weighted by molar-refractivity contribution is 0.403. The van der Waals surface area contributed by atoms with E-state index in [0.717, 1.165) is 0 Å². The molecule has 0 aromatic heterocycles. The summed E-state index contributed by atoms with van der Waals surface area (Å²) in [6.07, 6.45) is 0.381. The van der Waals surface area contributed by atoms with Crippen molar-refractivity contribution in [1.29, 1.82) is 0 Å². The Hall–Kier alpha value is -1.26. The first-order valence-corrected chi connectivity index (χ1v) is 3.70. The number of aromatic hydroxyl groups is 2. The number of benzene rings is 1. The van der Waals surface area contributed by atoms with Crippen LogP contribution in [0.2, 0.25) is 0 Å². The zero-order valence-electron chi connectivity index (χ0n) is 7.27. The molecule has 0 amide bonds. The van der Waals surface area contributed by atoms with E-state index in [1.807, 2.05) is 0 Å². The van der Waals surface area contributed by atoms with Crippen molar-refractivity contribution in [2.24, 2.45) is 5.73 Å². The van der Waals surface area contributed by atoms with Crippen molar-refractivity contribution in [3.8, 4) is 11.5 Å². The smallest absolute Gasteiger partial charge is 0.158 e. The Balaban J connectivity index is 0.00000169. The van der Waals surface area contributed by atoms with Gasteiger partial charge in [-0.1, -0.05) is 6.07 Å². The highest BCUT2D eigenvalue weighted by Gasteiger charge is 2.03.